The number of rotatable bonds is 6. The lowest BCUT2D eigenvalue weighted by atomic mass is 9.95. The predicted octanol–water partition coefficient (Wildman–Crippen LogP) is 2.88. The number of nitrogens with one attached hydrogen (secondary N) is 1. The molecule has 0 heterocycles. The molecule has 96 valence electrons. The predicted molar refractivity (Wildman–Crippen MR) is 75.0 cm³/mol. The van der Waals surface area contributed by atoms with E-state index in [4.69, 9.17) is 5.73 Å². The largest absolute Gasteiger partial charge is 0.330 e. The highest BCUT2D eigenvalue weighted by Crippen LogP contribution is 2.15. The summed E-state index contributed by atoms with van der Waals surface area (Å²) in [5.74, 6) is 1.20. The van der Waals surface area contributed by atoms with Crippen LogP contribution in [0.3, 0.4) is 0 Å². The molecule has 0 aromatic heterocycles. The highest BCUT2D eigenvalue weighted by atomic mass is 14.9. The van der Waals surface area contributed by atoms with Crippen molar-refractivity contribution in [2.75, 3.05) is 13.1 Å². The fourth-order valence-corrected chi connectivity index (χ4v) is 1.89. The lowest BCUT2D eigenvalue weighted by molar-refractivity contribution is 0.356. The van der Waals surface area contributed by atoms with E-state index in [1.807, 2.05) is 0 Å². The topological polar surface area (TPSA) is 38.0 Å². The van der Waals surface area contributed by atoms with Gasteiger partial charge in [0, 0.05) is 6.04 Å². The molecule has 0 aliphatic heterocycles. The van der Waals surface area contributed by atoms with Gasteiger partial charge in [0.25, 0.3) is 0 Å². The van der Waals surface area contributed by atoms with Gasteiger partial charge in [-0.05, 0) is 44.3 Å². The lowest BCUT2D eigenvalue weighted by Gasteiger charge is -2.22. The van der Waals surface area contributed by atoms with Gasteiger partial charge >= 0.3 is 0 Å². The molecule has 17 heavy (non-hydrogen) atoms. The van der Waals surface area contributed by atoms with E-state index in [0.717, 1.165) is 13.1 Å². The molecule has 1 aromatic carbocycles. The van der Waals surface area contributed by atoms with Gasteiger partial charge in [-0.3, -0.25) is 0 Å². The summed E-state index contributed by atoms with van der Waals surface area (Å²) in [4.78, 5) is 0. The Morgan fingerprint density at radius 3 is 2.18 bits per heavy atom. The van der Waals surface area contributed by atoms with Gasteiger partial charge in [0.15, 0.2) is 0 Å². The van der Waals surface area contributed by atoms with Crippen molar-refractivity contribution < 1.29 is 0 Å². The van der Waals surface area contributed by atoms with E-state index >= 15 is 0 Å². The Hall–Kier alpha value is -0.860. The molecule has 2 nitrogen and oxygen atoms in total. The maximum absolute atomic E-state index is 5.78. The average molecular weight is 234 g/mol. The van der Waals surface area contributed by atoms with Crippen LogP contribution in [0.15, 0.2) is 24.3 Å². The molecule has 2 unspecified atom stereocenters. The van der Waals surface area contributed by atoms with Crippen molar-refractivity contribution in [2.45, 2.75) is 33.7 Å². The fourth-order valence-electron chi connectivity index (χ4n) is 1.89. The Morgan fingerprint density at radius 2 is 1.71 bits per heavy atom. The molecule has 0 radical (unpaired) electrons. The number of nitrogens with two attached hydrogens (primary N) is 1. The molecule has 0 aliphatic carbocycles. The monoisotopic (exact) mass is 234 g/mol. The first kappa shape index (κ1) is 14.2. The SMILES string of the molecule is Cc1ccc(C(C)NCC(CN)C(C)C)cc1. The second kappa shape index (κ2) is 6.77. The maximum Gasteiger partial charge on any atom is 0.0291 e. The number of benzene rings is 1. The third-order valence-electron chi connectivity index (χ3n) is 3.51. The Balaban J connectivity index is 2.49. The fraction of sp³-hybridized carbons (Fsp3) is 0.600. The molecule has 1 rings (SSSR count). The summed E-state index contributed by atoms with van der Waals surface area (Å²) in [5.41, 5.74) is 8.43. The zero-order valence-electron chi connectivity index (χ0n) is 11.5. The first-order valence-electron chi connectivity index (χ1n) is 6.54. The Labute approximate surface area is 106 Å². The highest BCUT2D eigenvalue weighted by Gasteiger charge is 2.13. The average Bonchev–Trinajstić information content (AvgIpc) is 2.30. The summed E-state index contributed by atoms with van der Waals surface area (Å²) in [7, 11) is 0. The molecule has 0 saturated heterocycles. The molecule has 0 saturated carbocycles. The van der Waals surface area contributed by atoms with Crippen molar-refractivity contribution in [3.05, 3.63) is 35.4 Å². The van der Waals surface area contributed by atoms with Crippen LogP contribution in [-0.4, -0.2) is 13.1 Å². The van der Waals surface area contributed by atoms with Gasteiger partial charge in [-0.15, -0.1) is 0 Å². The molecule has 2 heteroatoms. The minimum absolute atomic E-state index is 0.392. The molecule has 0 bridgehead atoms. The van der Waals surface area contributed by atoms with Crippen molar-refractivity contribution in [2.24, 2.45) is 17.6 Å². The Bertz CT molecular complexity index is 316. The molecule has 0 aliphatic rings. The van der Waals surface area contributed by atoms with E-state index in [1.54, 1.807) is 0 Å². The summed E-state index contributed by atoms with van der Waals surface area (Å²) >= 11 is 0. The van der Waals surface area contributed by atoms with Crippen LogP contribution in [0, 0.1) is 18.8 Å². The third kappa shape index (κ3) is 4.49. The molecule has 2 atom stereocenters. The summed E-state index contributed by atoms with van der Waals surface area (Å²) in [5, 5.41) is 3.57. The summed E-state index contributed by atoms with van der Waals surface area (Å²) in [6, 6.07) is 9.11. The molecular formula is C15H26N2. The van der Waals surface area contributed by atoms with Crippen LogP contribution in [0.25, 0.3) is 0 Å². The lowest BCUT2D eigenvalue weighted by Crippen LogP contribution is -2.33. The van der Waals surface area contributed by atoms with Crippen LogP contribution >= 0.6 is 0 Å². The number of aryl methyl sites for hydroxylation is 1. The second-order valence-corrected chi connectivity index (χ2v) is 5.28. The minimum Gasteiger partial charge on any atom is -0.330 e. The first-order valence-corrected chi connectivity index (χ1v) is 6.54. The second-order valence-electron chi connectivity index (χ2n) is 5.28. The van der Waals surface area contributed by atoms with E-state index in [1.165, 1.54) is 11.1 Å². The molecule has 0 fully saturated rings. The summed E-state index contributed by atoms with van der Waals surface area (Å²) < 4.78 is 0. The third-order valence-corrected chi connectivity index (χ3v) is 3.51. The van der Waals surface area contributed by atoms with Crippen LogP contribution in [0.1, 0.15) is 37.9 Å². The van der Waals surface area contributed by atoms with Crippen molar-refractivity contribution in [1.82, 2.24) is 5.32 Å². The van der Waals surface area contributed by atoms with Crippen molar-refractivity contribution in [3.63, 3.8) is 0 Å². The van der Waals surface area contributed by atoms with Gasteiger partial charge < -0.3 is 11.1 Å². The molecule has 0 spiro atoms. The maximum atomic E-state index is 5.78. The molecule has 0 amide bonds. The van der Waals surface area contributed by atoms with Crippen molar-refractivity contribution in [3.8, 4) is 0 Å². The van der Waals surface area contributed by atoms with E-state index in [2.05, 4.69) is 57.3 Å². The first-order chi connectivity index (χ1) is 8.04. The van der Waals surface area contributed by atoms with E-state index in [0.29, 0.717) is 17.9 Å². The van der Waals surface area contributed by atoms with Crippen LogP contribution in [0.2, 0.25) is 0 Å². The number of hydrogen-bond acceptors (Lipinski definition) is 2. The molecular weight excluding hydrogens is 208 g/mol. The van der Waals surface area contributed by atoms with E-state index in [9.17, 15) is 0 Å². The minimum atomic E-state index is 0.392. The van der Waals surface area contributed by atoms with Crippen molar-refractivity contribution >= 4 is 0 Å². The standard InChI is InChI=1S/C15H26N2/c1-11(2)15(9-16)10-17-13(4)14-7-5-12(3)6-8-14/h5-8,11,13,15,17H,9-10,16H2,1-4H3. The van der Waals surface area contributed by atoms with Gasteiger partial charge in [0.05, 0.1) is 0 Å². The summed E-state index contributed by atoms with van der Waals surface area (Å²) in [6.45, 7) is 10.5. The zero-order chi connectivity index (χ0) is 12.8. The van der Waals surface area contributed by atoms with E-state index < -0.39 is 0 Å². The normalized spacial score (nSPS) is 14.9. The Kier molecular flexibility index (Phi) is 5.66. The van der Waals surface area contributed by atoms with E-state index in [-0.39, 0.29) is 0 Å². The highest BCUT2D eigenvalue weighted by molar-refractivity contribution is 5.23. The van der Waals surface area contributed by atoms with Crippen LogP contribution < -0.4 is 11.1 Å². The summed E-state index contributed by atoms with van der Waals surface area (Å²) in [6.07, 6.45) is 0. The van der Waals surface area contributed by atoms with Gasteiger partial charge in [-0.1, -0.05) is 43.7 Å². The van der Waals surface area contributed by atoms with Gasteiger partial charge in [-0.25, -0.2) is 0 Å². The van der Waals surface area contributed by atoms with Gasteiger partial charge in [0.1, 0.15) is 0 Å². The van der Waals surface area contributed by atoms with Gasteiger partial charge in [0.2, 0.25) is 0 Å². The Morgan fingerprint density at radius 1 is 1.12 bits per heavy atom. The van der Waals surface area contributed by atoms with Crippen molar-refractivity contribution in [1.29, 1.82) is 0 Å². The quantitative estimate of drug-likeness (QED) is 0.794. The number of hydrogen-bond donors (Lipinski definition) is 2. The van der Waals surface area contributed by atoms with Crippen LogP contribution in [0.5, 0.6) is 0 Å². The smallest absolute Gasteiger partial charge is 0.0291 e. The van der Waals surface area contributed by atoms with Gasteiger partial charge in [-0.2, -0.15) is 0 Å². The van der Waals surface area contributed by atoms with Crippen LogP contribution in [-0.2, 0) is 0 Å². The van der Waals surface area contributed by atoms with Crippen LogP contribution in [0.4, 0.5) is 0 Å². The molecule has 3 N–H and O–H groups in total. The zero-order valence-corrected chi connectivity index (χ0v) is 11.5. The molecule has 1 aromatic rings.